The van der Waals surface area contributed by atoms with Gasteiger partial charge < -0.3 is 5.32 Å². The van der Waals surface area contributed by atoms with E-state index in [1.807, 2.05) is 65.3 Å². The highest BCUT2D eigenvalue weighted by atomic mass is 32.1. The number of thiocarbonyl (C=S) groups is 1. The molecule has 1 unspecified atom stereocenters. The summed E-state index contributed by atoms with van der Waals surface area (Å²) in [4.78, 5) is 0.716. The van der Waals surface area contributed by atoms with Gasteiger partial charge in [0, 0.05) is 5.56 Å². The average molecular weight is 372 g/mol. The van der Waals surface area contributed by atoms with Crippen molar-refractivity contribution in [3.63, 3.8) is 0 Å². The van der Waals surface area contributed by atoms with Gasteiger partial charge >= 0.3 is 0 Å². The van der Waals surface area contributed by atoms with Crippen LogP contribution in [0.1, 0.15) is 23.7 Å². The topological polar surface area (TPSA) is 42.7 Å². The van der Waals surface area contributed by atoms with Crippen molar-refractivity contribution in [1.82, 2.24) is 20.3 Å². The fraction of sp³-hybridized carbons (Fsp3) is 0.136. The molecule has 27 heavy (non-hydrogen) atoms. The number of aromatic nitrogens is 3. The van der Waals surface area contributed by atoms with E-state index < -0.39 is 0 Å². The van der Waals surface area contributed by atoms with Crippen molar-refractivity contribution in [3.05, 3.63) is 96.1 Å². The normalized spacial score (nSPS) is 12.0. The zero-order valence-electron chi connectivity index (χ0n) is 14.8. The molecule has 0 bridgehead atoms. The third kappa shape index (κ3) is 4.04. The largest absolute Gasteiger partial charge is 0.354 e. The van der Waals surface area contributed by atoms with E-state index in [0.717, 1.165) is 29.4 Å². The van der Waals surface area contributed by atoms with Crippen LogP contribution in [0.5, 0.6) is 0 Å². The van der Waals surface area contributed by atoms with Crippen molar-refractivity contribution in [1.29, 1.82) is 0 Å². The summed E-state index contributed by atoms with van der Waals surface area (Å²) in [5, 5.41) is 12.2. The van der Waals surface area contributed by atoms with E-state index in [1.54, 1.807) is 0 Å². The summed E-state index contributed by atoms with van der Waals surface area (Å²) in [5.74, 6) is 0. The van der Waals surface area contributed by atoms with Gasteiger partial charge in [-0.2, -0.15) is 0 Å². The van der Waals surface area contributed by atoms with Crippen LogP contribution in [0.3, 0.4) is 0 Å². The van der Waals surface area contributed by atoms with Crippen molar-refractivity contribution >= 4 is 28.2 Å². The molecular formula is C22H20N4S. The molecule has 0 aliphatic carbocycles. The van der Waals surface area contributed by atoms with Crippen LogP contribution >= 0.6 is 12.2 Å². The van der Waals surface area contributed by atoms with Crippen LogP contribution < -0.4 is 5.32 Å². The van der Waals surface area contributed by atoms with Crippen LogP contribution in [0.4, 0.5) is 0 Å². The van der Waals surface area contributed by atoms with Crippen LogP contribution in [0.2, 0.25) is 0 Å². The molecule has 4 rings (SSSR count). The van der Waals surface area contributed by atoms with Crippen molar-refractivity contribution in [2.24, 2.45) is 0 Å². The Bertz CT molecular complexity index is 1030. The van der Waals surface area contributed by atoms with Gasteiger partial charge in [-0.25, -0.2) is 4.68 Å². The Balaban J connectivity index is 1.61. The smallest absolute Gasteiger partial charge is 0.123 e. The van der Waals surface area contributed by atoms with E-state index in [9.17, 15) is 0 Å². The molecule has 1 N–H and O–H groups in total. The zero-order chi connectivity index (χ0) is 18.5. The van der Waals surface area contributed by atoms with Gasteiger partial charge in [-0.05, 0) is 30.5 Å². The van der Waals surface area contributed by atoms with Crippen molar-refractivity contribution < 1.29 is 0 Å². The van der Waals surface area contributed by atoms with Crippen LogP contribution in [-0.4, -0.2) is 20.0 Å². The Kier molecular flexibility index (Phi) is 5.21. The van der Waals surface area contributed by atoms with Crippen LogP contribution in [0, 0.1) is 0 Å². The van der Waals surface area contributed by atoms with Crippen LogP contribution in [0.25, 0.3) is 11.0 Å². The van der Waals surface area contributed by atoms with Crippen LogP contribution in [0.15, 0.2) is 84.9 Å². The number of hydrogen-bond acceptors (Lipinski definition) is 3. The van der Waals surface area contributed by atoms with Crippen molar-refractivity contribution in [2.45, 2.75) is 19.0 Å². The highest BCUT2D eigenvalue weighted by molar-refractivity contribution is 7.80. The lowest BCUT2D eigenvalue weighted by atomic mass is 10.1. The summed E-state index contributed by atoms with van der Waals surface area (Å²) in [6, 6.07) is 28.5. The molecule has 4 nitrogen and oxygen atoms in total. The van der Waals surface area contributed by atoms with Crippen molar-refractivity contribution in [3.8, 4) is 0 Å². The van der Waals surface area contributed by atoms with Gasteiger partial charge in [-0.15, -0.1) is 5.10 Å². The van der Waals surface area contributed by atoms with Gasteiger partial charge in [-0.3, -0.25) is 0 Å². The standard InChI is InChI=1S/C22H20N4S/c27-22(18-11-5-2-6-12-18)23-21(16-15-17-9-3-1-4-10-17)26-20-14-8-7-13-19(20)24-25-26/h1-14,21H,15-16H2,(H,23,27). The molecule has 0 spiro atoms. The molecule has 0 aliphatic rings. The third-order valence-corrected chi connectivity index (χ3v) is 4.91. The molecule has 0 saturated carbocycles. The summed E-state index contributed by atoms with van der Waals surface area (Å²) < 4.78 is 1.94. The maximum Gasteiger partial charge on any atom is 0.123 e. The van der Waals surface area contributed by atoms with Gasteiger partial charge in [-0.1, -0.05) is 90.2 Å². The van der Waals surface area contributed by atoms with E-state index in [1.165, 1.54) is 5.56 Å². The zero-order valence-corrected chi connectivity index (χ0v) is 15.6. The molecule has 1 aromatic heterocycles. The number of rotatable bonds is 6. The fourth-order valence-corrected chi connectivity index (χ4v) is 3.42. The first-order valence-corrected chi connectivity index (χ1v) is 9.42. The van der Waals surface area contributed by atoms with E-state index in [0.29, 0.717) is 4.99 Å². The Morgan fingerprint density at radius 1 is 0.889 bits per heavy atom. The molecule has 0 aliphatic heterocycles. The van der Waals surface area contributed by atoms with E-state index in [2.05, 4.69) is 39.9 Å². The number of nitrogens with one attached hydrogen (secondary N) is 1. The van der Waals surface area contributed by atoms with Gasteiger partial charge in [0.05, 0.1) is 5.52 Å². The van der Waals surface area contributed by atoms with Gasteiger partial charge in [0.25, 0.3) is 0 Å². The Morgan fingerprint density at radius 3 is 2.33 bits per heavy atom. The van der Waals surface area contributed by atoms with E-state index in [-0.39, 0.29) is 6.17 Å². The fourth-order valence-electron chi connectivity index (χ4n) is 3.15. The number of hydrogen-bond donors (Lipinski definition) is 1. The minimum Gasteiger partial charge on any atom is -0.354 e. The van der Waals surface area contributed by atoms with E-state index >= 15 is 0 Å². The minimum absolute atomic E-state index is 0.0784. The van der Waals surface area contributed by atoms with Gasteiger partial charge in [0.1, 0.15) is 16.7 Å². The molecule has 1 heterocycles. The van der Waals surface area contributed by atoms with E-state index in [4.69, 9.17) is 12.2 Å². The molecule has 5 heteroatoms. The Labute approximate surface area is 163 Å². The number of para-hydroxylation sites is 1. The first kappa shape index (κ1) is 17.4. The molecule has 0 amide bonds. The summed E-state index contributed by atoms with van der Waals surface area (Å²) in [6.45, 7) is 0. The first-order chi connectivity index (χ1) is 13.3. The van der Waals surface area contributed by atoms with Crippen LogP contribution in [-0.2, 0) is 6.42 Å². The summed E-state index contributed by atoms with van der Waals surface area (Å²) in [5.41, 5.74) is 4.18. The molecule has 3 aromatic carbocycles. The number of fused-ring (bicyclic) bond motifs is 1. The second kappa shape index (κ2) is 8.10. The van der Waals surface area contributed by atoms with Gasteiger partial charge in [0.2, 0.25) is 0 Å². The Hall–Kier alpha value is -3.05. The number of aryl methyl sites for hydroxylation is 1. The lowest BCUT2D eigenvalue weighted by molar-refractivity contribution is 0.403. The maximum atomic E-state index is 5.65. The third-order valence-electron chi connectivity index (χ3n) is 4.56. The lowest BCUT2D eigenvalue weighted by Crippen LogP contribution is -2.33. The molecular weight excluding hydrogens is 352 g/mol. The Morgan fingerprint density at radius 2 is 1.56 bits per heavy atom. The summed E-state index contributed by atoms with van der Waals surface area (Å²) >= 11 is 5.65. The molecule has 0 fully saturated rings. The molecule has 0 saturated heterocycles. The minimum atomic E-state index is -0.0784. The first-order valence-electron chi connectivity index (χ1n) is 9.01. The number of nitrogens with zero attached hydrogens (tertiary/aromatic N) is 3. The predicted octanol–water partition coefficient (Wildman–Crippen LogP) is 4.53. The number of benzene rings is 3. The monoisotopic (exact) mass is 372 g/mol. The molecule has 0 radical (unpaired) electrons. The summed E-state index contributed by atoms with van der Waals surface area (Å²) in [6.07, 6.45) is 1.69. The quantitative estimate of drug-likeness (QED) is 0.505. The van der Waals surface area contributed by atoms with Crippen molar-refractivity contribution in [2.75, 3.05) is 0 Å². The second-order valence-corrected chi connectivity index (χ2v) is 6.81. The predicted molar refractivity (Wildman–Crippen MR) is 113 cm³/mol. The highest BCUT2D eigenvalue weighted by Gasteiger charge is 2.17. The maximum absolute atomic E-state index is 5.65. The summed E-state index contributed by atoms with van der Waals surface area (Å²) in [7, 11) is 0. The second-order valence-electron chi connectivity index (χ2n) is 6.40. The molecule has 134 valence electrons. The average Bonchev–Trinajstić information content (AvgIpc) is 3.16. The SMILES string of the molecule is S=C(NC(CCc1ccccc1)n1nnc2ccccc21)c1ccccc1. The van der Waals surface area contributed by atoms with Gasteiger partial charge in [0.15, 0.2) is 0 Å². The molecule has 4 aromatic rings. The lowest BCUT2D eigenvalue weighted by Gasteiger charge is -2.21. The highest BCUT2D eigenvalue weighted by Crippen LogP contribution is 2.19. The molecule has 1 atom stereocenters.